The fourth-order valence-electron chi connectivity index (χ4n) is 2.54. The van der Waals surface area contributed by atoms with Gasteiger partial charge in [0.05, 0.1) is 12.1 Å². The molecule has 20 heavy (non-hydrogen) atoms. The smallest absolute Gasteiger partial charge is 0.251 e. The molecule has 0 aliphatic carbocycles. The first-order chi connectivity index (χ1) is 9.65. The van der Waals surface area contributed by atoms with Gasteiger partial charge >= 0.3 is 0 Å². The van der Waals surface area contributed by atoms with Crippen molar-refractivity contribution in [3.05, 3.63) is 81.6 Å². The zero-order valence-corrected chi connectivity index (χ0v) is 11.8. The predicted octanol–water partition coefficient (Wildman–Crippen LogP) is 3.67. The highest BCUT2D eigenvalue weighted by molar-refractivity contribution is 5.82. The summed E-state index contributed by atoms with van der Waals surface area (Å²) in [5.41, 5.74) is 4.46. The van der Waals surface area contributed by atoms with Gasteiger partial charge in [-0.15, -0.1) is 0 Å². The molecule has 0 saturated heterocycles. The quantitative estimate of drug-likeness (QED) is 0.691. The molecule has 3 aromatic rings. The van der Waals surface area contributed by atoms with Gasteiger partial charge in [0.2, 0.25) is 0 Å². The van der Waals surface area contributed by atoms with Gasteiger partial charge in [0, 0.05) is 11.5 Å². The molecule has 2 aromatic carbocycles. The maximum atomic E-state index is 12.3. The second kappa shape index (κ2) is 4.97. The number of benzene rings is 2. The molecule has 0 aliphatic heterocycles. The number of pyridine rings is 1. The molecular weight excluding hydrogens is 246 g/mol. The Kier molecular flexibility index (Phi) is 3.15. The van der Waals surface area contributed by atoms with Crippen molar-refractivity contribution in [3.63, 3.8) is 0 Å². The Balaban J connectivity index is 2.16. The molecular formula is C18H17NO. The highest BCUT2D eigenvalue weighted by Gasteiger charge is 2.06. The third-order valence-electron chi connectivity index (χ3n) is 3.69. The zero-order chi connectivity index (χ0) is 14.1. The van der Waals surface area contributed by atoms with Gasteiger partial charge in [-0.05, 0) is 31.0 Å². The van der Waals surface area contributed by atoms with Crippen LogP contribution >= 0.6 is 0 Å². The van der Waals surface area contributed by atoms with Crippen molar-refractivity contribution in [2.24, 2.45) is 0 Å². The summed E-state index contributed by atoms with van der Waals surface area (Å²) in [5, 5.41) is 1.14. The van der Waals surface area contributed by atoms with E-state index in [0.29, 0.717) is 6.54 Å². The molecule has 0 radical (unpaired) electrons. The lowest BCUT2D eigenvalue weighted by atomic mass is 10.1. The average molecular weight is 263 g/mol. The molecule has 0 unspecified atom stereocenters. The standard InChI is InChI=1S/C18H17NO/c1-13-7-9-15(10-8-13)12-19-17-6-4-3-5-16(17)14(2)11-18(19)20/h3-11H,12H2,1-2H3. The molecule has 0 fully saturated rings. The maximum absolute atomic E-state index is 12.3. The molecule has 0 atom stereocenters. The lowest BCUT2D eigenvalue weighted by Gasteiger charge is -2.12. The molecule has 0 aliphatic rings. The van der Waals surface area contributed by atoms with Crippen molar-refractivity contribution >= 4 is 10.9 Å². The van der Waals surface area contributed by atoms with Gasteiger partial charge in [-0.1, -0.05) is 48.0 Å². The fourth-order valence-corrected chi connectivity index (χ4v) is 2.54. The van der Waals surface area contributed by atoms with E-state index in [1.54, 1.807) is 6.07 Å². The van der Waals surface area contributed by atoms with E-state index < -0.39 is 0 Å². The van der Waals surface area contributed by atoms with E-state index in [1.165, 1.54) is 5.56 Å². The summed E-state index contributed by atoms with van der Waals surface area (Å²) >= 11 is 0. The number of hydrogen-bond donors (Lipinski definition) is 0. The molecule has 100 valence electrons. The minimum atomic E-state index is 0.0572. The number of para-hydroxylation sites is 1. The topological polar surface area (TPSA) is 22.0 Å². The van der Waals surface area contributed by atoms with Crippen LogP contribution in [0, 0.1) is 13.8 Å². The molecule has 1 heterocycles. The Morgan fingerprint density at radius 2 is 1.65 bits per heavy atom. The summed E-state index contributed by atoms with van der Waals surface area (Å²) < 4.78 is 1.84. The van der Waals surface area contributed by atoms with E-state index in [1.807, 2.05) is 29.7 Å². The minimum Gasteiger partial charge on any atom is -0.304 e. The van der Waals surface area contributed by atoms with Crippen LogP contribution in [0.1, 0.15) is 16.7 Å². The summed E-state index contributed by atoms with van der Waals surface area (Å²) in [4.78, 5) is 12.3. The molecule has 0 N–H and O–H groups in total. The Bertz CT molecular complexity index is 813. The van der Waals surface area contributed by atoms with Crippen LogP contribution in [0.25, 0.3) is 10.9 Å². The summed E-state index contributed by atoms with van der Waals surface area (Å²) in [5.74, 6) is 0. The number of aryl methyl sites for hydroxylation is 2. The Labute approximate surface area is 118 Å². The van der Waals surface area contributed by atoms with Crippen LogP contribution in [0.15, 0.2) is 59.4 Å². The van der Waals surface area contributed by atoms with Crippen LogP contribution in [-0.4, -0.2) is 4.57 Å². The number of nitrogens with zero attached hydrogens (tertiary/aromatic N) is 1. The lowest BCUT2D eigenvalue weighted by Crippen LogP contribution is -2.20. The predicted molar refractivity (Wildman–Crippen MR) is 83.2 cm³/mol. The summed E-state index contributed by atoms with van der Waals surface area (Å²) in [6, 6.07) is 18.1. The van der Waals surface area contributed by atoms with Crippen LogP contribution < -0.4 is 5.56 Å². The van der Waals surface area contributed by atoms with Gasteiger partial charge < -0.3 is 4.57 Å². The van der Waals surface area contributed by atoms with Crippen molar-refractivity contribution < 1.29 is 0 Å². The number of aromatic nitrogens is 1. The third-order valence-corrected chi connectivity index (χ3v) is 3.69. The lowest BCUT2D eigenvalue weighted by molar-refractivity contribution is 0.793. The van der Waals surface area contributed by atoms with E-state index in [0.717, 1.165) is 22.0 Å². The summed E-state index contributed by atoms with van der Waals surface area (Å²) in [6.07, 6.45) is 0. The molecule has 2 heteroatoms. The van der Waals surface area contributed by atoms with Gasteiger partial charge in [-0.2, -0.15) is 0 Å². The van der Waals surface area contributed by atoms with Crippen LogP contribution in [0.2, 0.25) is 0 Å². The first-order valence-corrected chi connectivity index (χ1v) is 6.80. The molecule has 3 rings (SSSR count). The summed E-state index contributed by atoms with van der Waals surface area (Å²) in [7, 11) is 0. The Morgan fingerprint density at radius 3 is 2.40 bits per heavy atom. The largest absolute Gasteiger partial charge is 0.304 e. The SMILES string of the molecule is Cc1ccc(Cn2c(=O)cc(C)c3ccccc32)cc1. The second-order valence-electron chi connectivity index (χ2n) is 5.25. The van der Waals surface area contributed by atoms with Crippen molar-refractivity contribution in [1.29, 1.82) is 0 Å². The summed E-state index contributed by atoms with van der Waals surface area (Å²) in [6.45, 7) is 4.66. The third kappa shape index (κ3) is 2.25. The van der Waals surface area contributed by atoms with E-state index in [4.69, 9.17) is 0 Å². The Hall–Kier alpha value is -2.35. The van der Waals surface area contributed by atoms with Crippen LogP contribution in [0.3, 0.4) is 0 Å². The fraction of sp³-hybridized carbons (Fsp3) is 0.167. The monoisotopic (exact) mass is 263 g/mol. The van der Waals surface area contributed by atoms with Gasteiger partial charge in [0.25, 0.3) is 5.56 Å². The molecule has 2 nitrogen and oxygen atoms in total. The number of fused-ring (bicyclic) bond motifs is 1. The van der Waals surface area contributed by atoms with Gasteiger partial charge in [-0.25, -0.2) is 0 Å². The second-order valence-corrected chi connectivity index (χ2v) is 5.25. The highest BCUT2D eigenvalue weighted by atomic mass is 16.1. The van der Waals surface area contributed by atoms with Crippen molar-refractivity contribution in [1.82, 2.24) is 4.57 Å². The van der Waals surface area contributed by atoms with Gasteiger partial charge in [0.15, 0.2) is 0 Å². The molecule has 1 aromatic heterocycles. The molecule has 0 bridgehead atoms. The molecule has 0 amide bonds. The first-order valence-electron chi connectivity index (χ1n) is 6.80. The zero-order valence-electron chi connectivity index (χ0n) is 11.8. The number of hydrogen-bond acceptors (Lipinski definition) is 1. The van der Waals surface area contributed by atoms with E-state index in [2.05, 4.69) is 37.3 Å². The molecule has 0 spiro atoms. The maximum Gasteiger partial charge on any atom is 0.251 e. The van der Waals surface area contributed by atoms with E-state index in [-0.39, 0.29) is 5.56 Å². The normalized spacial score (nSPS) is 10.9. The Morgan fingerprint density at radius 1 is 0.950 bits per heavy atom. The van der Waals surface area contributed by atoms with Crippen LogP contribution in [0.5, 0.6) is 0 Å². The first kappa shape index (κ1) is 12.7. The van der Waals surface area contributed by atoms with E-state index in [9.17, 15) is 4.79 Å². The van der Waals surface area contributed by atoms with Crippen molar-refractivity contribution in [2.75, 3.05) is 0 Å². The van der Waals surface area contributed by atoms with Gasteiger partial charge in [-0.3, -0.25) is 4.79 Å². The van der Waals surface area contributed by atoms with Crippen molar-refractivity contribution in [3.8, 4) is 0 Å². The van der Waals surface area contributed by atoms with E-state index >= 15 is 0 Å². The number of rotatable bonds is 2. The van der Waals surface area contributed by atoms with Gasteiger partial charge in [0.1, 0.15) is 0 Å². The average Bonchev–Trinajstić information content (AvgIpc) is 2.45. The minimum absolute atomic E-state index is 0.0572. The van der Waals surface area contributed by atoms with Crippen LogP contribution in [0.4, 0.5) is 0 Å². The van der Waals surface area contributed by atoms with Crippen molar-refractivity contribution in [2.45, 2.75) is 20.4 Å². The van der Waals surface area contributed by atoms with Crippen LogP contribution in [-0.2, 0) is 6.54 Å². The molecule has 0 saturated carbocycles. The highest BCUT2D eigenvalue weighted by Crippen LogP contribution is 2.17.